The van der Waals surface area contributed by atoms with Gasteiger partial charge in [-0.25, -0.2) is 0 Å². The van der Waals surface area contributed by atoms with Crippen LogP contribution in [0.3, 0.4) is 0 Å². The molecule has 1 unspecified atom stereocenters. The molecule has 1 aromatic carbocycles. The number of hydrogen-bond acceptors (Lipinski definition) is 1. The summed E-state index contributed by atoms with van der Waals surface area (Å²) in [5, 5.41) is 10.1. The fourth-order valence-corrected chi connectivity index (χ4v) is 2.73. The van der Waals surface area contributed by atoms with Gasteiger partial charge in [0.15, 0.2) is 0 Å². The van der Waals surface area contributed by atoms with E-state index in [1.165, 1.54) is 41.5 Å². The Labute approximate surface area is 98.5 Å². The van der Waals surface area contributed by atoms with E-state index in [0.29, 0.717) is 5.92 Å². The van der Waals surface area contributed by atoms with E-state index >= 15 is 0 Å². The average molecular weight is 218 g/mol. The first-order valence-corrected chi connectivity index (χ1v) is 6.32. The van der Waals surface area contributed by atoms with Crippen molar-refractivity contribution in [3.05, 3.63) is 34.4 Å². The van der Waals surface area contributed by atoms with Crippen LogP contribution in [0, 0.1) is 26.7 Å². The Morgan fingerprint density at radius 1 is 1.19 bits per heavy atom. The number of benzene rings is 1. The quantitative estimate of drug-likeness (QED) is 0.825. The van der Waals surface area contributed by atoms with E-state index in [-0.39, 0.29) is 6.10 Å². The van der Waals surface area contributed by atoms with Crippen LogP contribution in [-0.2, 0) is 6.42 Å². The summed E-state index contributed by atoms with van der Waals surface area (Å²) in [6.45, 7) is 6.44. The molecule has 1 aliphatic carbocycles. The van der Waals surface area contributed by atoms with E-state index in [0.717, 1.165) is 6.42 Å². The van der Waals surface area contributed by atoms with Gasteiger partial charge in [0, 0.05) is 0 Å². The van der Waals surface area contributed by atoms with E-state index in [9.17, 15) is 5.11 Å². The molecule has 1 saturated carbocycles. The molecule has 16 heavy (non-hydrogen) atoms. The van der Waals surface area contributed by atoms with E-state index in [2.05, 4.69) is 32.9 Å². The normalized spacial score (nSPS) is 18.2. The fraction of sp³-hybridized carbons (Fsp3) is 0.600. The molecular weight excluding hydrogens is 196 g/mol. The Hall–Kier alpha value is -0.820. The molecule has 88 valence electrons. The highest BCUT2D eigenvalue weighted by Gasteiger charge is 2.26. The van der Waals surface area contributed by atoms with Gasteiger partial charge in [-0.1, -0.05) is 24.1 Å². The summed E-state index contributed by atoms with van der Waals surface area (Å²) < 4.78 is 0. The molecule has 0 spiro atoms. The number of aliphatic hydroxyl groups is 1. The highest BCUT2D eigenvalue weighted by molar-refractivity contribution is 5.37. The minimum Gasteiger partial charge on any atom is -0.392 e. The van der Waals surface area contributed by atoms with Gasteiger partial charge in [-0.15, -0.1) is 0 Å². The third kappa shape index (κ3) is 2.30. The molecule has 2 rings (SSSR count). The van der Waals surface area contributed by atoms with Crippen molar-refractivity contribution in [3.8, 4) is 0 Å². The summed E-state index contributed by atoms with van der Waals surface area (Å²) in [5.41, 5.74) is 5.33. The van der Waals surface area contributed by atoms with Crippen molar-refractivity contribution in [3.63, 3.8) is 0 Å². The van der Waals surface area contributed by atoms with Gasteiger partial charge in [0.2, 0.25) is 0 Å². The van der Waals surface area contributed by atoms with Crippen molar-refractivity contribution in [2.75, 3.05) is 0 Å². The standard InChI is InChI=1S/C15H22O/c1-10-7-11(2)14(12(3)8-10)9-15(16)13-5-4-6-13/h7-8,13,15-16H,4-6,9H2,1-3H3. The largest absolute Gasteiger partial charge is 0.392 e. The maximum atomic E-state index is 10.1. The van der Waals surface area contributed by atoms with Gasteiger partial charge in [0.1, 0.15) is 0 Å². The molecule has 1 aromatic rings. The van der Waals surface area contributed by atoms with Crippen molar-refractivity contribution < 1.29 is 5.11 Å². The molecule has 0 aliphatic heterocycles. The van der Waals surface area contributed by atoms with Gasteiger partial charge in [-0.05, 0) is 62.6 Å². The molecule has 0 amide bonds. The molecule has 1 aliphatic rings. The number of aliphatic hydroxyl groups excluding tert-OH is 1. The second-order valence-corrected chi connectivity index (χ2v) is 5.34. The van der Waals surface area contributed by atoms with Gasteiger partial charge in [0.25, 0.3) is 0 Å². The SMILES string of the molecule is Cc1cc(C)c(CC(O)C2CCC2)c(C)c1. The molecular formula is C15H22O. The van der Waals surface area contributed by atoms with Crippen LogP contribution in [0.1, 0.15) is 41.5 Å². The Bertz CT molecular complexity index is 354. The predicted octanol–water partition coefficient (Wildman–Crippen LogP) is 3.32. The first-order valence-electron chi connectivity index (χ1n) is 6.32. The Kier molecular flexibility index (Phi) is 3.34. The zero-order valence-electron chi connectivity index (χ0n) is 10.6. The van der Waals surface area contributed by atoms with Gasteiger partial charge in [0.05, 0.1) is 6.10 Å². The molecule has 0 radical (unpaired) electrons. The van der Waals surface area contributed by atoms with Crippen LogP contribution in [0.2, 0.25) is 0 Å². The Morgan fingerprint density at radius 2 is 1.75 bits per heavy atom. The van der Waals surface area contributed by atoms with Crippen molar-refractivity contribution in [2.45, 2.75) is 52.6 Å². The minimum atomic E-state index is -0.131. The van der Waals surface area contributed by atoms with E-state index in [1.807, 2.05) is 0 Å². The fourth-order valence-electron chi connectivity index (χ4n) is 2.73. The van der Waals surface area contributed by atoms with E-state index < -0.39 is 0 Å². The molecule has 1 nitrogen and oxygen atoms in total. The zero-order chi connectivity index (χ0) is 11.7. The molecule has 0 saturated heterocycles. The molecule has 1 atom stereocenters. The first-order chi connectivity index (χ1) is 7.58. The predicted molar refractivity (Wildman–Crippen MR) is 67.7 cm³/mol. The third-order valence-electron chi connectivity index (χ3n) is 3.95. The molecule has 1 heteroatoms. The molecule has 0 bridgehead atoms. The molecule has 1 N–H and O–H groups in total. The van der Waals surface area contributed by atoms with Crippen LogP contribution in [0.5, 0.6) is 0 Å². The molecule has 0 aromatic heterocycles. The van der Waals surface area contributed by atoms with Crippen molar-refractivity contribution >= 4 is 0 Å². The van der Waals surface area contributed by atoms with Crippen molar-refractivity contribution in [1.29, 1.82) is 0 Å². The lowest BCUT2D eigenvalue weighted by atomic mass is 9.78. The number of rotatable bonds is 3. The van der Waals surface area contributed by atoms with E-state index in [4.69, 9.17) is 0 Å². The maximum absolute atomic E-state index is 10.1. The minimum absolute atomic E-state index is 0.131. The summed E-state index contributed by atoms with van der Waals surface area (Å²) in [7, 11) is 0. The summed E-state index contributed by atoms with van der Waals surface area (Å²) in [6.07, 6.45) is 4.43. The van der Waals surface area contributed by atoms with Gasteiger partial charge in [-0.3, -0.25) is 0 Å². The highest BCUT2D eigenvalue weighted by Crippen LogP contribution is 2.32. The van der Waals surface area contributed by atoms with Crippen LogP contribution in [0.25, 0.3) is 0 Å². The van der Waals surface area contributed by atoms with Gasteiger partial charge < -0.3 is 5.11 Å². The summed E-state index contributed by atoms with van der Waals surface area (Å²) in [4.78, 5) is 0. The summed E-state index contributed by atoms with van der Waals surface area (Å²) >= 11 is 0. The second-order valence-electron chi connectivity index (χ2n) is 5.34. The Morgan fingerprint density at radius 3 is 2.19 bits per heavy atom. The first kappa shape index (κ1) is 11.7. The molecule has 0 heterocycles. The maximum Gasteiger partial charge on any atom is 0.0608 e. The van der Waals surface area contributed by atoms with Gasteiger partial charge in [-0.2, -0.15) is 0 Å². The van der Waals surface area contributed by atoms with Crippen LogP contribution < -0.4 is 0 Å². The number of aryl methyl sites for hydroxylation is 3. The Balaban J connectivity index is 2.13. The highest BCUT2D eigenvalue weighted by atomic mass is 16.3. The van der Waals surface area contributed by atoms with Gasteiger partial charge >= 0.3 is 0 Å². The molecule has 1 fully saturated rings. The summed E-state index contributed by atoms with van der Waals surface area (Å²) in [5.74, 6) is 0.556. The zero-order valence-corrected chi connectivity index (χ0v) is 10.6. The van der Waals surface area contributed by atoms with E-state index in [1.54, 1.807) is 0 Å². The van der Waals surface area contributed by atoms with Crippen molar-refractivity contribution in [1.82, 2.24) is 0 Å². The number of hydrogen-bond donors (Lipinski definition) is 1. The third-order valence-corrected chi connectivity index (χ3v) is 3.95. The average Bonchev–Trinajstić information content (AvgIpc) is 2.08. The lowest BCUT2D eigenvalue weighted by molar-refractivity contribution is 0.0627. The van der Waals surface area contributed by atoms with Crippen molar-refractivity contribution in [2.24, 2.45) is 5.92 Å². The smallest absolute Gasteiger partial charge is 0.0608 e. The monoisotopic (exact) mass is 218 g/mol. The second kappa shape index (κ2) is 4.58. The lowest BCUT2D eigenvalue weighted by Gasteiger charge is -2.31. The van der Waals surface area contributed by atoms with Crippen LogP contribution >= 0.6 is 0 Å². The lowest BCUT2D eigenvalue weighted by Crippen LogP contribution is -2.29. The van der Waals surface area contributed by atoms with Crippen LogP contribution in [0.4, 0.5) is 0 Å². The van der Waals surface area contributed by atoms with Crippen LogP contribution in [-0.4, -0.2) is 11.2 Å². The topological polar surface area (TPSA) is 20.2 Å². The summed E-state index contributed by atoms with van der Waals surface area (Å²) in [6, 6.07) is 4.44. The van der Waals surface area contributed by atoms with Crippen LogP contribution in [0.15, 0.2) is 12.1 Å².